The van der Waals surface area contributed by atoms with Gasteiger partial charge in [-0.25, -0.2) is 0 Å². The van der Waals surface area contributed by atoms with Crippen molar-refractivity contribution in [2.75, 3.05) is 33.8 Å². The van der Waals surface area contributed by atoms with E-state index in [2.05, 4.69) is 117 Å². The Morgan fingerprint density at radius 2 is 1.00 bits per heavy atom. The minimum absolute atomic E-state index is 0.839. The van der Waals surface area contributed by atoms with Crippen molar-refractivity contribution in [1.82, 2.24) is 0 Å². The van der Waals surface area contributed by atoms with Gasteiger partial charge in [0.2, 0.25) is 0 Å². The Balaban J connectivity index is 1.20. The zero-order valence-corrected chi connectivity index (χ0v) is 18.7. The number of hydrogen-bond donors (Lipinski definition) is 2. The standard InChI is InChI=1S/C29H28N4/c1-3-7-26(8-4-1)32-18-24-16-22(11-13-28(24)30-20-32)15-23-12-14-29-25(17-23)19-33(21-31-29)27-9-5-2-6-10-27/h1-14,16-17,30-31H,15,18-21H2. The molecule has 0 spiro atoms. The van der Waals surface area contributed by atoms with Crippen LogP contribution in [-0.4, -0.2) is 13.3 Å². The van der Waals surface area contributed by atoms with Crippen molar-refractivity contribution in [3.8, 4) is 0 Å². The van der Waals surface area contributed by atoms with Gasteiger partial charge in [0.25, 0.3) is 0 Å². The maximum Gasteiger partial charge on any atom is 0.0880 e. The average Bonchev–Trinajstić information content (AvgIpc) is 2.89. The molecule has 0 saturated heterocycles. The molecule has 0 bridgehead atoms. The molecular formula is C29H28N4. The summed E-state index contributed by atoms with van der Waals surface area (Å²) >= 11 is 0. The number of para-hydroxylation sites is 2. The Morgan fingerprint density at radius 1 is 0.545 bits per heavy atom. The second-order valence-electron chi connectivity index (χ2n) is 8.90. The monoisotopic (exact) mass is 432 g/mol. The van der Waals surface area contributed by atoms with Gasteiger partial charge in [0.1, 0.15) is 0 Å². The fourth-order valence-electron chi connectivity index (χ4n) is 4.88. The van der Waals surface area contributed by atoms with E-state index in [0.29, 0.717) is 0 Å². The third kappa shape index (κ3) is 4.12. The van der Waals surface area contributed by atoms with Crippen LogP contribution in [-0.2, 0) is 19.5 Å². The van der Waals surface area contributed by atoms with E-state index in [-0.39, 0.29) is 0 Å². The van der Waals surface area contributed by atoms with Crippen molar-refractivity contribution in [3.05, 3.63) is 119 Å². The van der Waals surface area contributed by atoms with E-state index in [9.17, 15) is 0 Å². The van der Waals surface area contributed by atoms with E-state index in [4.69, 9.17) is 0 Å². The molecule has 4 nitrogen and oxygen atoms in total. The Labute approximate surface area is 195 Å². The fourth-order valence-corrected chi connectivity index (χ4v) is 4.88. The summed E-state index contributed by atoms with van der Waals surface area (Å²) in [7, 11) is 0. The first-order valence-corrected chi connectivity index (χ1v) is 11.6. The zero-order valence-electron chi connectivity index (χ0n) is 18.7. The van der Waals surface area contributed by atoms with Crippen molar-refractivity contribution in [2.45, 2.75) is 19.5 Å². The van der Waals surface area contributed by atoms with Gasteiger partial charge in [-0.2, -0.15) is 0 Å². The molecule has 6 rings (SSSR count). The maximum absolute atomic E-state index is 3.58. The Bertz CT molecular complexity index is 1150. The molecule has 4 heteroatoms. The molecule has 2 aliphatic rings. The molecule has 0 aliphatic carbocycles. The van der Waals surface area contributed by atoms with Gasteiger partial charge in [0.05, 0.1) is 13.3 Å². The lowest BCUT2D eigenvalue weighted by molar-refractivity contribution is 0.806. The quantitative estimate of drug-likeness (QED) is 0.411. The first-order valence-electron chi connectivity index (χ1n) is 11.6. The van der Waals surface area contributed by atoms with Crippen molar-refractivity contribution >= 4 is 22.7 Å². The second-order valence-corrected chi connectivity index (χ2v) is 8.90. The lowest BCUT2D eigenvalue weighted by atomic mass is 9.98. The smallest absolute Gasteiger partial charge is 0.0880 e. The summed E-state index contributed by atoms with van der Waals surface area (Å²) in [5, 5.41) is 7.15. The Morgan fingerprint density at radius 3 is 1.45 bits per heavy atom. The van der Waals surface area contributed by atoms with Crippen LogP contribution in [0.5, 0.6) is 0 Å². The molecule has 0 aromatic heterocycles. The second kappa shape index (κ2) is 8.55. The molecule has 0 unspecified atom stereocenters. The zero-order chi connectivity index (χ0) is 22.0. The van der Waals surface area contributed by atoms with Crippen LogP contribution in [0, 0.1) is 0 Å². The van der Waals surface area contributed by atoms with Crippen LogP contribution in [0.3, 0.4) is 0 Å². The highest BCUT2D eigenvalue weighted by Crippen LogP contribution is 2.30. The van der Waals surface area contributed by atoms with Gasteiger partial charge >= 0.3 is 0 Å². The van der Waals surface area contributed by atoms with E-state index in [0.717, 1.165) is 32.8 Å². The lowest BCUT2D eigenvalue weighted by Gasteiger charge is -2.32. The normalized spacial score (nSPS) is 14.7. The van der Waals surface area contributed by atoms with Crippen LogP contribution in [0.4, 0.5) is 22.7 Å². The van der Waals surface area contributed by atoms with Crippen LogP contribution >= 0.6 is 0 Å². The first-order chi connectivity index (χ1) is 16.3. The van der Waals surface area contributed by atoms with Gasteiger partial charge in [-0.3, -0.25) is 0 Å². The average molecular weight is 433 g/mol. The van der Waals surface area contributed by atoms with Gasteiger partial charge in [-0.1, -0.05) is 60.7 Å². The molecule has 0 radical (unpaired) electrons. The molecule has 0 fully saturated rings. The number of anilines is 4. The van der Waals surface area contributed by atoms with Crippen molar-refractivity contribution in [3.63, 3.8) is 0 Å². The molecule has 4 aromatic carbocycles. The summed E-state index contributed by atoms with van der Waals surface area (Å²) in [5.41, 5.74) is 10.4. The molecule has 2 N–H and O–H groups in total. The largest absolute Gasteiger partial charge is 0.367 e. The maximum atomic E-state index is 3.58. The van der Waals surface area contributed by atoms with Crippen LogP contribution in [0.15, 0.2) is 97.1 Å². The van der Waals surface area contributed by atoms with Gasteiger partial charge in [-0.05, 0) is 65.1 Å². The van der Waals surface area contributed by atoms with Crippen molar-refractivity contribution in [2.24, 2.45) is 0 Å². The van der Waals surface area contributed by atoms with E-state index < -0.39 is 0 Å². The number of rotatable bonds is 4. The predicted molar refractivity (Wildman–Crippen MR) is 138 cm³/mol. The highest BCUT2D eigenvalue weighted by atomic mass is 15.2. The number of nitrogens with zero attached hydrogens (tertiary/aromatic N) is 2. The van der Waals surface area contributed by atoms with Crippen LogP contribution in [0.1, 0.15) is 22.3 Å². The number of nitrogens with one attached hydrogen (secondary N) is 2. The highest BCUT2D eigenvalue weighted by Gasteiger charge is 2.18. The Hall–Kier alpha value is -3.92. The van der Waals surface area contributed by atoms with Crippen LogP contribution in [0.2, 0.25) is 0 Å². The lowest BCUT2D eigenvalue weighted by Crippen LogP contribution is -2.33. The molecule has 4 aromatic rings. The first kappa shape index (κ1) is 19.7. The fraction of sp³-hybridized carbons (Fsp3) is 0.172. The van der Waals surface area contributed by atoms with Crippen LogP contribution < -0.4 is 20.4 Å². The van der Waals surface area contributed by atoms with E-state index >= 15 is 0 Å². The molecule has 0 atom stereocenters. The number of benzene rings is 4. The van der Waals surface area contributed by atoms with E-state index in [1.165, 1.54) is 45.0 Å². The van der Waals surface area contributed by atoms with E-state index in [1.807, 2.05) is 0 Å². The summed E-state index contributed by atoms with van der Waals surface area (Å²) in [6.45, 7) is 3.54. The predicted octanol–water partition coefficient (Wildman–Crippen LogP) is 6.06. The molecule has 164 valence electrons. The molecule has 33 heavy (non-hydrogen) atoms. The SMILES string of the molecule is c1ccc(N2CNc3ccc(Cc4ccc5c(c4)CN(c4ccccc4)CN5)cc3C2)cc1. The molecular weight excluding hydrogens is 404 g/mol. The summed E-state index contributed by atoms with van der Waals surface area (Å²) in [5.74, 6) is 0. The molecule has 2 heterocycles. The topological polar surface area (TPSA) is 30.5 Å². The van der Waals surface area contributed by atoms with Gasteiger partial charge in [-0.15, -0.1) is 0 Å². The summed E-state index contributed by atoms with van der Waals surface area (Å²) in [4.78, 5) is 4.77. The number of hydrogen-bond acceptors (Lipinski definition) is 4. The van der Waals surface area contributed by atoms with Gasteiger partial charge in [0.15, 0.2) is 0 Å². The third-order valence-electron chi connectivity index (χ3n) is 6.63. The van der Waals surface area contributed by atoms with Gasteiger partial charge in [0, 0.05) is 35.8 Å². The third-order valence-corrected chi connectivity index (χ3v) is 6.63. The molecule has 0 amide bonds. The minimum Gasteiger partial charge on any atom is -0.367 e. The van der Waals surface area contributed by atoms with Crippen LogP contribution in [0.25, 0.3) is 0 Å². The minimum atomic E-state index is 0.839. The van der Waals surface area contributed by atoms with Gasteiger partial charge < -0.3 is 20.4 Å². The van der Waals surface area contributed by atoms with Crippen molar-refractivity contribution in [1.29, 1.82) is 0 Å². The summed E-state index contributed by atoms with van der Waals surface area (Å²) < 4.78 is 0. The highest BCUT2D eigenvalue weighted by molar-refractivity contribution is 5.62. The molecule has 2 aliphatic heterocycles. The van der Waals surface area contributed by atoms with E-state index in [1.54, 1.807) is 0 Å². The Kier molecular flexibility index (Phi) is 5.11. The summed E-state index contributed by atoms with van der Waals surface area (Å²) in [6, 6.07) is 35.0. The molecule has 0 saturated carbocycles. The summed E-state index contributed by atoms with van der Waals surface area (Å²) in [6.07, 6.45) is 0.942. The van der Waals surface area contributed by atoms with Crippen molar-refractivity contribution < 1.29 is 0 Å². The number of fused-ring (bicyclic) bond motifs is 2.